The van der Waals surface area contributed by atoms with Gasteiger partial charge in [-0.25, -0.2) is 0 Å². The normalized spacial score (nSPS) is 18.6. The van der Waals surface area contributed by atoms with Gasteiger partial charge in [0.1, 0.15) is 0 Å². The number of carbonyl (C=O) groups excluding carboxylic acids is 2. The Labute approximate surface area is 322 Å². The first-order valence-corrected chi connectivity index (χ1v) is 14.1. The second kappa shape index (κ2) is 14.7. The van der Waals surface area contributed by atoms with Gasteiger partial charge in [0.15, 0.2) is 0 Å². The van der Waals surface area contributed by atoms with E-state index in [4.69, 9.17) is 9.11 Å². The smallest absolute Gasteiger partial charge is 0.282 e. The molecule has 1 unspecified atom stereocenters. The van der Waals surface area contributed by atoms with Crippen molar-refractivity contribution in [3.05, 3.63) is 84.5 Å². The number of anilines is 2. The molecule has 0 saturated heterocycles. The van der Waals surface area contributed by atoms with Gasteiger partial charge in [-0.3, -0.25) is 18.7 Å². The Kier molecular flexibility index (Phi) is 13.0. The van der Waals surface area contributed by atoms with Gasteiger partial charge in [0.2, 0.25) is 0 Å². The van der Waals surface area contributed by atoms with Crippen LogP contribution in [-0.4, -0.2) is 152 Å². The molecule has 2 aromatic carbocycles. The van der Waals surface area contributed by atoms with E-state index in [0.29, 0.717) is 28.4 Å². The fourth-order valence-corrected chi connectivity index (χ4v) is 4.74. The molecule has 2 aliphatic heterocycles. The molecule has 4 rings (SSSR count). The number of hydrogen-bond donors (Lipinski definition) is 2. The molecule has 2 aromatic rings. The van der Waals surface area contributed by atoms with Gasteiger partial charge < -0.3 is 0 Å². The predicted octanol–water partition coefficient (Wildman–Crippen LogP) is 2.22. The summed E-state index contributed by atoms with van der Waals surface area (Å²) in [5.41, 5.74) is 1.94. The summed E-state index contributed by atoms with van der Waals surface area (Å²) in [7, 11) is -8.71. The molecule has 2 N–H and O–H groups in total. The molecule has 16 heteroatoms. The quantitative estimate of drug-likeness (QED) is 0.199. The van der Waals surface area contributed by atoms with Gasteiger partial charge in [-0.05, 0) is 68.5 Å². The first-order valence-electron chi connectivity index (χ1n) is 11.3. The van der Waals surface area contributed by atoms with Gasteiger partial charge in [-0.15, -0.1) is 0 Å². The molecule has 2 aliphatic rings. The Morgan fingerprint density at radius 3 is 1.71 bits per heavy atom. The van der Waals surface area contributed by atoms with Crippen molar-refractivity contribution in [1.82, 2.24) is 0 Å². The van der Waals surface area contributed by atoms with Crippen LogP contribution in [0.4, 0.5) is 11.4 Å². The molecule has 0 aliphatic carbocycles. The number of allylic oxidation sites excluding steroid dienone is 4. The summed E-state index contributed by atoms with van der Waals surface area (Å²) < 4.78 is 63.1. The third-order valence-corrected chi connectivity index (χ3v) is 7.53. The van der Waals surface area contributed by atoms with Crippen LogP contribution in [-0.2, 0) is 29.8 Å². The van der Waals surface area contributed by atoms with Crippen molar-refractivity contribution in [2.75, 3.05) is 10.0 Å². The molecule has 0 aromatic heterocycles. The third-order valence-electron chi connectivity index (χ3n) is 5.79. The molecule has 0 fully saturated rings. The van der Waals surface area contributed by atoms with E-state index in [-0.39, 0.29) is 118 Å². The average Bonchev–Trinajstić information content (AvgIpc) is 3.32. The van der Waals surface area contributed by atoms with Crippen molar-refractivity contribution in [3.63, 3.8) is 0 Å². The molecule has 1 atom stereocenters. The van der Waals surface area contributed by atoms with Gasteiger partial charge in [-0.2, -0.15) is 37.1 Å². The van der Waals surface area contributed by atoms with Crippen LogP contribution in [0.2, 0.25) is 0 Å². The number of benzene rings is 2. The van der Waals surface area contributed by atoms with Gasteiger partial charge in [0.25, 0.3) is 32.1 Å². The zero-order valence-electron chi connectivity index (χ0n) is 22.5. The predicted molar refractivity (Wildman–Crippen MR) is 155 cm³/mol. The van der Waals surface area contributed by atoms with Crippen LogP contribution in [0.15, 0.2) is 104 Å². The Bertz CT molecular complexity index is 1720. The van der Waals surface area contributed by atoms with E-state index in [9.17, 15) is 26.4 Å². The fraction of sp³-hybridized carbons (Fsp3) is 0.120. The van der Waals surface area contributed by atoms with Crippen molar-refractivity contribution >= 4 is 158 Å². The molecule has 2 amide bonds. The summed E-state index contributed by atoms with van der Waals surface area (Å²) in [6.45, 7) is 3.33. The Morgan fingerprint density at radius 2 is 1.22 bits per heavy atom. The Hall–Kier alpha value is -0.967. The molecule has 204 valence electrons. The monoisotopic (exact) mass is 648 g/mol. The van der Waals surface area contributed by atoms with Crippen molar-refractivity contribution < 1.29 is 35.5 Å². The molecule has 0 spiro atoms. The van der Waals surface area contributed by atoms with Crippen molar-refractivity contribution in [2.45, 2.75) is 23.6 Å². The summed E-state index contributed by atoms with van der Waals surface area (Å²) in [6.07, 6.45) is 8.04. The maximum absolute atomic E-state index is 12.8. The number of hydrazone groups is 2. The molecular weight excluding hydrogens is 627 g/mol. The van der Waals surface area contributed by atoms with Crippen LogP contribution in [0, 0.1) is 5.92 Å². The molecule has 0 saturated carbocycles. The number of carbonyl (C=O) groups is 2. The summed E-state index contributed by atoms with van der Waals surface area (Å²) >= 11 is 0. The van der Waals surface area contributed by atoms with Crippen LogP contribution in [0.5, 0.6) is 0 Å². The van der Waals surface area contributed by atoms with E-state index < -0.39 is 32.1 Å². The van der Waals surface area contributed by atoms with Gasteiger partial charge in [-0.1, -0.05) is 24.3 Å². The van der Waals surface area contributed by atoms with Crippen molar-refractivity contribution in [3.8, 4) is 0 Å². The minimum atomic E-state index is -4.36. The van der Waals surface area contributed by atoms with E-state index in [1.165, 1.54) is 48.5 Å². The maximum Gasteiger partial charge on any atom is 0.294 e. The zero-order valence-corrected chi connectivity index (χ0v) is 30.4. The SMILES string of the molecule is CC1=NN(c2ccc(S(=O)(=O)O)cc2)C(=O)C1=CC=CC=CC1C(=O)N(c2ccc(S(=O)(=O)O)cc2)N=C1C.[K].[K]. The molecular formula is C25H22K2N4O8S2. The van der Waals surface area contributed by atoms with Crippen LogP contribution >= 0.6 is 0 Å². The molecule has 0 bridgehead atoms. The van der Waals surface area contributed by atoms with Crippen molar-refractivity contribution in [2.24, 2.45) is 16.1 Å². The maximum atomic E-state index is 12.8. The minimum absolute atomic E-state index is 0. The van der Waals surface area contributed by atoms with E-state index in [1.54, 1.807) is 44.2 Å². The minimum Gasteiger partial charge on any atom is -0.282 e. The number of hydrogen-bond acceptors (Lipinski definition) is 8. The van der Waals surface area contributed by atoms with Crippen LogP contribution in [0.3, 0.4) is 0 Å². The topological polar surface area (TPSA) is 174 Å². The molecule has 12 nitrogen and oxygen atoms in total. The largest absolute Gasteiger partial charge is 0.294 e. The second-order valence-corrected chi connectivity index (χ2v) is 11.3. The molecule has 2 radical (unpaired) electrons. The third kappa shape index (κ3) is 8.57. The zero-order chi connectivity index (χ0) is 28.5. The van der Waals surface area contributed by atoms with Gasteiger partial charge >= 0.3 is 0 Å². The summed E-state index contributed by atoms with van der Waals surface area (Å²) in [5.74, 6) is -1.42. The number of rotatable bonds is 7. The Balaban J connectivity index is 0.00000294. The first kappa shape index (κ1) is 36.2. The van der Waals surface area contributed by atoms with Crippen LogP contribution in [0.25, 0.3) is 0 Å². The van der Waals surface area contributed by atoms with Crippen LogP contribution < -0.4 is 10.0 Å². The van der Waals surface area contributed by atoms with Gasteiger partial charge in [0.05, 0.1) is 44.1 Å². The standard InChI is InChI=1S/C25H22N4O8S2.2K/c1-16-22(24(30)28(26-16)18-8-12-20(13-9-18)38(32,33)34)6-4-3-5-7-23-17(2)27-29(25(23)31)19-10-14-21(15-11-19)39(35,36)37;;/h3-15,22H,1-2H3,(H,32,33,34)(H,35,36,37);;. The Morgan fingerprint density at radius 1 is 0.732 bits per heavy atom. The summed E-state index contributed by atoms with van der Waals surface area (Å²) in [5, 5.41) is 10.7. The van der Waals surface area contributed by atoms with E-state index in [2.05, 4.69) is 10.2 Å². The van der Waals surface area contributed by atoms with E-state index in [0.717, 1.165) is 10.0 Å². The average molecular weight is 649 g/mol. The fourth-order valence-electron chi connectivity index (χ4n) is 3.78. The van der Waals surface area contributed by atoms with E-state index in [1.807, 2.05) is 0 Å². The summed E-state index contributed by atoms with van der Waals surface area (Å²) in [4.78, 5) is 25.1. The second-order valence-electron chi connectivity index (χ2n) is 8.46. The number of nitrogens with zero attached hydrogens (tertiary/aromatic N) is 4. The molecule has 41 heavy (non-hydrogen) atoms. The van der Waals surface area contributed by atoms with Gasteiger partial charge in [0, 0.05) is 103 Å². The van der Waals surface area contributed by atoms with E-state index >= 15 is 0 Å². The van der Waals surface area contributed by atoms with Crippen molar-refractivity contribution in [1.29, 1.82) is 0 Å². The summed E-state index contributed by atoms with van der Waals surface area (Å²) in [6, 6.07) is 10.1. The first-order chi connectivity index (χ1) is 18.3. The van der Waals surface area contributed by atoms with Crippen LogP contribution in [0.1, 0.15) is 13.8 Å². The number of amides is 2. The molecule has 2 heterocycles.